The number of nitriles is 1. The van der Waals surface area contributed by atoms with Crippen molar-refractivity contribution in [2.45, 2.75) is 13.3 Å². The topological polar surface area (TPSA) is 82.0 Å². The third-order valence-corrected chi connectivity index (χ3v) is 3.70. The van der Waals surface area contributed by atoms with E-state index >= 15 is 0 Å². The second-order valence-corrected chi connectivity index (χ2v) is 5.77. The van der Waals surface area contributed by atoms with E-state index in [4.69, 9.17) is 5.26 Å². The lowest BCUT2D eigenvalue weighted by atomic mass is 10.2. The second kappa shape index (κ2) is 7.56. The summed E-state index contributed by atoms with van der Waals surface area (Å²) in [6.45, 7) is 1.94. The molecular weight excluding hydrogens is 358 g/mol. The SMILES string of the molecule is Cc1ccc(NC(=O)CC(=O)Nc2ccccc2C#N)c(Br)c1. The zero-order chi connectivity index (χ0) is 16.8. The molecule has 0 saturated carbocycles. The summed E-state index contributed by atoms with van der Waals surface area (Å²) in [5.41, 5.74) is 2.40. The Morgan fingerprint density at radius 2 is 1.74 bits per heavy atom. The largest absolute Gasteiger partial charge is 0.325 e. The molecule has 2 amide bonds. The molecule has 0 aromatic heterocycles. The zero-order valence-corrected chi connectivity index (χ0v) is 14.0. The van der Waals surface area contributed by atoms with Crippen LogP contribution < -0.4 is 10.6 Å². The smallest absolute Gasteiger partial charge is 0.233 e. The number of benzene rings is 2. The number of para-hydroxylation sites is 1. The van der Waals surface area contributed by atoms with Crippen molar-refractivity contribution in [2.75, 3.05) is 10.6 Å². The Bertz CT molecular complexity index is 797. The van der Waals surface area contributed by atoms with Crippen LogP contribution in [0, 0.1) is 18.3 Å². The fourth-order valence-corrected chi connectivity index (χ4v) is 2.54. The van der Waals surface area contributed by atoms with Crippen LogP contribution in [0.2, 0.25) is 0 Å². The number of aryl methyl sites for hydroxylation is 1. The van der Waals surface area contributed by atoms with E-state index in [1.807, 2.05) is 25.1 Å². The van der Waals surface area contributed by atoms with Gasteiger partial charge in [-0.25, -0.2) is 0 Å². The lowest BCUT2D eigenvalue weighted by Crippen LogP contribution is -2.22. The minimum absolute atomic E-state index is 0.333. The molecule has 0 spiro atoms. The van der Waals surface area contributed by atoms with E-state index in [2.05, 4.69) is 26.6 Å². The first-order valence-electron chi connectivity index (χ1n) is 6.84. The molecule has 0 atom stereocenters. The molecule has 0 radical (unpaired) electrons. The van der Waals surface area contributed by atoms with Gasteiger partial charge in [-0.15, -0.1) is 0 Å². The first-order valence-corrected chi connectivity index (χ1v) is 7.64. The van der Waals surface area contributed by atoms with Gasteiger partial charge in [0.2, 0.25) is 11.8 Å². The lowest BCUT2D eigenvalue weighted by Gasteiger charge is -2.09. The number of anilines is 2. The van der Waals surface area contributed by atoms with Gasteiger partial charge in [-0.1, -0.05) is 18.2 Å². The second-order valence-electron chi connectivity index (χ2n) is 4.91. The van der Waals surface area contributed by atoms with Gasteiger partial charge in [0.15, 0.2) is 0 Å². The molecule has 0 aliphatic carbocycles. The monoisotopic (exact) mass is 371 g/mol. The van der Waals surface area contributed by atoms with Crippen molar-refractivity contribution >= 4 is 39.1 Å². The van der Waals surface area contributed by atoms with E-state index in [9.17, 15) is 9.59 Å². The number of hydrogen-bond donors (Lipinski definition) is 2. The number of hydrogen-bond acceptors (Lipinski definition) is 3. The van der Waals surface area contributed by atoms with Gasteiger partial charge in [0.1, 0.15) is 12.5 Å². The summed E-state index contributed by atoms with van der Waals surface area (Å²) >= 11 is 3.36. The Balaban J connectivity index is 1.97. The highest BCUT2D eigenvalue weighted by molar-refractivity contribution is 9.10. The lowest BCUT2D eigenvalue weighted by molar-refractivity contribution is -0.123. The predicted octanol–water partition coefficient (Wildman–Crippen LogP) is 3.60. The van der Waals surface area contributed by atoms with Crippen LogP contribution in [0.4, 0.5) is 11.4 Å². The summed E-state index contributed by atoms with van der Waals surface area (Å²) in [5, 5.41) is 14.2. The van der Waals surface area contributed by atoms with Gasteiger partial charge < -0.3 is 10.6 Å². The fourth-order valence-electron chi connectivity index (χ4n) is 1.95. The maximum atomic E-state index is 11.9. The molecule has 2 aromatic carbocycles. The summed E-state index contributed by atoms with van der Waals surface area (Å²) in [5.74, 6) is -0.907. The van der Waals surface area contributed by atoms with Gasteiger partial charge in [-0.2, -0.15) is 5.26 Å². The molecule has 0 aliphatic heterocycles. The molecule has 0 fully saturated rings. The highest BCUT2D eigenvalue weighted by Gasteiger charge is 2.12. The first-order chi connectivity index (χ1) is 11.0. The van der Waals surface area contributed by atoms with Crippen molar-refractivity contribution in [1.29, 1.82) is 5.26 Å². The van der Waals surface area contributed by atoms with Gasteiger partial charge >= 0.3 is 0 Å². The van der Waals surface area contributed by atoms with E-state index in [0.717, 1.165) is 10.0 Å². The van der Waals surface area contributed by atoms with Gasteiger partial charge in [-0.05, 0) is 52.7 Å². The molecule has 0 unspecified atom stereocenters. The number of halogens is 1. The summed E-state index contributed by atoms with van der Waals surface area (Å²) in [6.07, 6.45) is -0.333. The fraction of sp³-hybridized carbons (Fsp3) is 0.118. The van der Waals surface area contributed by atoms with Crippen molar-refractivity contribution in [3.05, 3.63) is 58.1 Å². The molecule has 5 nitrogen and oxygen atoms in total. The molecule has 23 heavy (non-hydrogen) atoms. The molecule has 6 heteroatoms. The number of carbonyl (C=O) groups is 2. The summed E-state index contributed by atoms with van der Waals surface area (Å²) in [4.78, 5) is 23.9. The van der Waals surface area contributed by atoms with Crippen LogP contribution in [0.15, 0.2) is 46.9 Å². The van der Waals surface area contributed by atoms with Crippen LogP contribution in [-0.4, -0.2) is 11.8 Å². The number of nitrogens with one attached hydrogen (secondary N) is 2. The third kappa shape index (κ3) is 4.66. The van der Waals surface area contributed by atoms with Crippen LogP contribution in [0.1, 0.15) is 17.5 Å². The Morgan fingerprint density at radius 1 is 1.09 bits per heavy atom. The Hall–Kier alpha value is -2.65. The summed E-state index contributed by atoms with van der Waals surface area (Å²) in [6, 6.07) is 14.1. The average Bonchev–Trinajstić information content (AvgIpc) is 2.50. The number of nitrogens with zero attached hydrogens (tertiary/aromatic N) is 1. The van der Waals surface area contributed by atoms with Crippen LogP contribution in [0.3, 0.4) is 0 Å². The number of amides is 2. The van der Waals surface area contributed by atoms with Gasteiger partial charge in [0.05, 0.1) is 16.9 Å². The van der Waals surface area contributed by atoms with E-state index in [1.54, 1.807) is 30.3 Å². The van der Waals surface area contributed by atoms with Crippen LogP contribution >= 0.6 is 15.9 Å². The quantitative estimate of drug-likeness (QED) is 0.805. The zero-order valence-electron chi connectivity index (χ0n) is 12.4. The Morgan fingerprint density at radius 3 is 2.39 bits per heavy atom. The van der Waals surface area contributed by atoms with Gasteiger partial charge in [-0.3, -0.25) is 9.59 Å². The number of carbonyl (C=O) groups excluding carboxylic acids is 2. The normalized spacial score (nSPS) is 9.78. The molecule has 0 saturated heterocycles. The molecule has 116 valence electrons. The first kappa shape index (κ1) is 16.7. The molecule has 2 aromatic rings. The third-order valence-electron chi connectivity index (χ3n) is 3.04. The van der Waals surface area contributed by atoms with Crippen molar-refractivity contribution in [1.82, 2.24) is 0 Å². The standard InChI is InChI=1S/C17H14BrN3O2/c1-11-6-7-15(13(18)8-11)21-17(23)9-16(22)20-14-5-3-2-4-12(14)10-19/h2-8H,9H2,1H3,(H,20,22)(H,21,23). The maximum Gasteiger partial charge on any atom is 0.233 e. The van der Waals surface area contributed by atoms with E-state index in [1.165, 1.54) is 0 Å². The maximum absolute atomic E-state index is 11.9. The number of rotatable bonds is 4. The van der Waals surface area contributed by atoms with Crippen LogP contribution in [0.5, 0.6) is 0 Å². The minimum Gasteiger partial charge on any atom is -0.325 e. The molecule has 0 aliphatic rings. The Kier molecular flexibility index (Phi) is 5.50. The van der Waals surface area contributed by atoms with Gasteiger partial charge in [0.25, 0.3) is 0 Å². The predicted molar refractivity (Wildman–Crippen MR) is 91.9 cm³/mol. The summed E-state index contributed by atoms with van der Waals surface area (Å²) in [7, 11) is 0. The summed E-state index contributed by atoms with van der Waals surface area (Å²) < 4.78 is 0.751. The molecule has 2 N–H and O–H groups in total. The van der Waals surface area contributed by atoms with Crippen molar-refractivity contribution in [3.8, 4) is 6.07 Å². The Labute approximate surface area is 142 Å². The van der Waals surface area contributed by atoms with E-state index < -0.39 is 11.8 Å². The van der Waals surface area contributed by atoms with Crippen LogP contribution in [-0.2, 0) is 9.59 Å². The average molecular weight is 372 g/mol. The van der Waals surface area contributed by atoms with Crippen molar-refractivity contribution in [2.24, 2.45) is 0 Å². The van der Waals surface area contributed by atoms with Gasteiger partial charge in [0, 0.05) is 4.47 Å². The van der Waals surface area contributed by atoms with Crippen molar-refractivity contribution in [3.63, 3.8) is 0 Å². The minimum atomic E-state index is -0.478. The van der Waals surface area contributed by atoms with E-state index in [0.29, 0.717) is 16.9 Å². The molecule has 0 heterocycles. The molecular formula is C17H14BrN3O2. The van der Waals surface area contributed by atoms with E-state index in [-0.39, 0.29) is 6.42 Å². The molecule has 0 bridgehead atoms. The van der Waals surface area contributed by atoms with Crippen LogP contribution in [0.25, 0.3) is 0 Å². The molecule has 2 rings (SSSR count). The highest BCUT2D eigenvalue weighted by Crippen LogP contribution is 2.23. The van der Waals surface area contributed by atoms with Crippen molar-refractivity contribution < 1.29 is 9.59 Å². The highest BCUT2D eigenvalue weighted by atomic mass is 79.9.